The third-order valence-electron chi connectivity index (χ3n) is 6.62. The number of carbonyl (C=O) groups is 1. The predicted molar refractivity (Wildman–Crippen MR) is 108 cm³/mol. The third kappa shape index (κ3) is 4.13. The number of hydrogen-bond acceptors (Lipinski definition) is 4. The number of fused-ring (bicyclic) bond motifs is 1. The van der Waals surface area contributed by atoms with Crippen LogP contribution in [0.5, 0.6) is 0 Å². The van der Waals surface area contributed by atoms with Crippen molar-refractivity contribution in [1.82, 2.24) is 4.90 Å². The average Bonchev–Trinajstić information content (AvgIpc) is 3.17. The molecule has 0 aliphatic carbocycles. The van der Waals surface area contributed by atoms with E-state index in [-0.39, 0.29) is 43.4 Å². The number of likely N-dealkylation sites (tertiary alicyclic amines) is 1. The Morgan fingerprint density at radius 3 is 2.58 bits per heavy atom. The Labute approximate surface area is 186 Å². The lowest BCUT2D eigenvalue weighted by Crippen LogP contribution is -2.51. The molecule has 5 nitrogen and oxygen atoms in total. The van der Waals surface area contributed by atoms with Gasteiger partial charge in [0, 0.05) is 43.3 Å². The lowest BCUT2D eigenvalue weighted by atomic mass is 9.74. The smallest absolute Gasteiger partial charge is 0.396 e. The Hall–Kier alpha value is -3.19. The van der Waals surface area contributed by atoms with Crippen LogP contribution in [0.2, 0.25) is 0 Å². The SMILES string of the molecule is N#Cc1ccc(N2CC[C@@H]3CN(C(=O)c4ccc(F)cc4F)C[C@]3(CO)C2)cc1C(F)(F)F. The van der Waals surface area contributed by atoms with Crippen molar-refractivity contribution in [1.29, 1.82) is 5.26 Å². The van der Waals surface area contributed by atoms with Crippen LogP contribution in [0.25, 0.3) is 0 Å². The van der Waals surface area contributed by atoms with Crippen LogP contribution in [0.4, 0.5) is 27.6 Å². The van der Waals surface area contributed by atoms with Gasteiger partial charge in [-0.1, -0.05) is 0 Å². The fourth-order valence-electron chi connectivity index (χ4n) is 4.88. The molecule has 0 bridgehead atoms. The van der Waals surface area contributed by atoms with E-state index >= 15 is 0 Å². The molecule has 0 radical (unpaired) electrons. The molecule has 2 atom stereocenters. The molecule has 174 valence electrons. The molecule has 0 spiro atoms. The summed E-state index contributed by atoms with van der Waals surface area (Å²) in [6.45, 7) is 0.607. The molecule has 2 aromatic carbocycles. The Bertz CT molecular complexity index is 1130. The number of rotatable bonds is 3. The lowest BCUT2D eigenvalue weighted by molar-refractivity contribution is -0.137. The summed E-state index contributed by atoms with van der Waals surface area (Å²) in [6.07, 6.45) is -4.19. The number of halogens is 5. The van der Waals surface area contributed by atoms with Gasteiger partial charge in [-0.3, -0.25) is 4.79 Å². The minimum atomic E-state index is -4.69. The first-order valence-electron chi connectivity index (χ1n) is 10.3. The molecule has 2 aliphatic rings. The van der Waals surface area contributed by atoms with Crippen LogP contribution in [0.1, 0.15) is 27.9 Å². The number of alkyl halides is 3. The van der Waals surface area contributed by atoms with Crippen LogP contribution < -0.4 is 4.90 Å². The largest absolute Gasteiger partial charge is 0.417 e. The van der Waals surface area contributed by atoms with Gasteiger partial charge < -0.3 is 14.9 Å². The number of anilines is 1. The molecule has 2 fully saturated rings. The Balaban J connectivity index is 1.59. The maximum atomic E-state index is 14.1. The highest BCUT2D eigenvalue weighted by Crippen LogP contribution is 2.44. The Morgan fingerprint density at radius 2 is 1.94 bits per heavy atom. The monoisotopic (exact) mass is 465 g/mol. The Morgan fingerprint density at radius 1 is 1.18 bits per heavy atom. The van der Waals surface area contributed by atoms with Crippen LogP contribution >= 0.6 is 0 Å². The van der Waals surface area contributed by atoms with Gasteiger partial charge in [0.15, 0.2) is 0 Å². The molecule has 0 aromatic heterocycles. The minimum Gasteiger partial charge on any atom is -0.396 e. The summed E-state index contributed by atoms with van der Waals surface area (Å²) in [5.41, 5.74) is -2.32. The van der Waals surface area contributed by atoms with Crippen LogP contribution in [0, 0.1) is 34.3 Å². The number of carbonyl (C=O) groups excluding carboxylic acids is 1. The van der Waals surface area contributed by atoms with Gasteiger partial charge in [-0.15, -0.1) is 0 Å². The van der Waals surface area contributed by atoms with Crippen molar-refractivity contribution in [3.05, 3.63) is 64.7 Å². The van der Waals surface area contributed by atoms with Crippen molar-refractivity contribution in [3.63, 3.8) is 0 Å². The molecule has 0 saturated carbocycles. The number of hydrogen-bond donors (Lipinski definition) is 1. The average molecular weight is 465 g/mol. The fraction of sp³-hybridized carbons (Fsp3) is 0.391. The zero-order chi connectivity index (χ0) is 24.0. The third-order valence-corrected chi connectivity index (χ3v) is 6.62. The van der Waals surface area contributed by atoms with Gasteiger partial charge in [-0.2, -0.15) is 18.4 Å². The van der Waals surface area contributed by atoms with E-state index in [2.05, 4.69) is 0 Å². The molecular weight excluding hydrogens is 445 g/mol. The van der Waals surface area contributed by atoms with Gasteiger partial charge in [0.1, 0.15) is 11.6 Å². The summed E-state index contributed by atoms with van der Waals surface area (Å²) in [5, 5.41) is 19.2. The van der Waals surface area contributed by atoms with Crippen LogP contribution in [-0.2, 0) is 6.18 Å². The molecule has 33 heavy (non-hydrogen) atoms. The molecule has 2 heterocycles. The summed E-state index contributed by atoms with van der Waals surface area (Å²) < 4.78 is 67.5. The number of nitriles is 1. The van der Waals surface area contributed by atoms with Crippen LogP contribution in [0.15, 0.2) is 36.4 Å². The first-order chi connectivity index (χ1) is 15.6. The summed E-state index contributed by atoms with van der Waals surface area (Å²) >= 11 is 0. The van der Waals surface area contributed by atoms with Crippen molar-refractivity contribution in [3.8, 4) is 6.07 Å². The quantitative estimate of drug-likeness (QED) is 0.700. The Kier molecular flexibility index (Phi) is 5.78. The standard InChI is InChI=1S/C23H20F5N3O2/c24-16-2-4-18(20(25)7-16)21(33)31-10-15-5-6-30(11-22(15,12-31)13-32)17-3-1-14(9-29)19(8-17)23(26,27)28/h1-4,7-8,15,32H,5-6,10-13H2/t15-,22+/m1/s1. The molecule has 2 aromatic rings. The molecule has 1 N–H and O–H groups in total. The van der Waals surface area contributed by atoms with Crippen molar-refractivity contribution >= 4 is 11.6 Å². The van der Waals surface area contributed by atoms with E-state index < -0.39 is 40.3 Å². The van der Waals surface area contributed by atoms with Gasteiger partial charge in [-0.25, -0.2) is 8.78 Å². The number of benzene rings is 2. The molecule has 4 rings (SSSR count). The van der Waals surface area contributed by atoms with Crippen molar-refractivity contribution in [2.24, 2.45) is 11.3 Å². The van der Waals surface area contributed by atoms with Gasteiger partial charge in [0.25, 0.3) is 5.91 Å². The number of aliphatic hydroxyl groups excluding tert-OH is 1. The number of piperidine rings is 1. The zero-order valence-electron chi connectivity index (χ0n) is 17.4. The summed E-state index contributed by atoms with van der Waals surface area (Å²) in [5.74, 6) is -2.54. The second kappa shape index (κ2) is 8.30. The fourth-order valence-corrected chi connectivity index (χ4v) is 4.88. The van der Waals surface area contributed by atoms with Gasteiger partial charge in [0.05, 0.1) is 29.4 Å². The number of nitrogens with zero attached hydrogens (tertiary/aromatic N) is 3. The van der Waals surface area contributed by atoms with E-state index in [1.165, 1.54) is 11.0 Å². The minimum absolute atomic E-state index is 0.0860. The first-order valence-corrected chi connectivity index (χ1v) is 10.3. The maximum Gasteiger partial charge on any atom is 0.417 e. The number of aliphatic hydroxyl groups is 1. The molecule has 1 amide bonds. The second-order valence-corrected chi connectivity index (χ2v) is 8.58. The van der Waals surface area contributed by atoms with E-state index in [9.17, 15) is 31.9 Å². The van der Waals surface area contributed by atoms with Gasteiger partial charge in [-0.05, 0) is 42.7 Å². The van der Waals surface area contributed by atoms with Crippen molar-refractivity contribution in [2.45, 2.75) is 12.6 Å². The summed E-state index contributed by atoms with van der Waals surface area (Å²) in [4.78, 5) is 16.0. The van der Waals surface area contributed by atoms with E-state index in [0.29, 0.717) is 19.0 Å². The van der Waals surface area contributed by atoms with Gasteiger partial charge >= 0.3 is 6.18 Å². The van der Waals surface area contributed by atoms with Crippen LogP contribution in [0.3, 0.4) is 0 Å². The van der Waals surface area contributed by atoms with E-state index in [1.807, 2.05) is 0 Å². The topological polar surface area (TPSA) is 67.6 Å². The summed E-state index contributed by atoms with van der Waals surface area (Å²) in [6, 6.07) is 7.73. The molecule has 0 unspecified atom stereocenters. The second-order valence-electron chi connectivity index (χ2n) is 8.58. The van der Waals surface area contributed by atoms with Crippen molar-refractivity contribution < 1.29 is 31.9 Å². The molecule has 2 saturated heterocycles. The maximum absolute atomic E-state index is 14.1. The highest BCUT2D eigenvalue weighted by Gasteiger charge is 2.51. The normalized spacial score (nSPS) is 22.8. The van der Waals surface area contributed by atoms with Gasteiger partial charge in [0.2, 0.25) is 0 Å². The number of amides is 1. The zero-order valence-corrected chi connectivity index (χ0v) is 17.4. The summed E-state index contributed by atoms with van der Waals surface area (Å²) in [7, 11) is 0. The predicted octanol–water partition coefficient (Wildman–Crippen LogP) is 3.82. The van der Waals surface area contributed by atoms with E-state index in [4.69, 9.17) is 5.26 Å². The van der Waals surface area contributed by atoms with Crippen LogP contribution in [-0.4, -0.2) is 48.7 Å². The molecular formula is C23H20F5N3O2. The highest BCUT2D eigenvalue weighted by molar-refractivity contribution is 5.94. The first kappa shape index (κ1) is 23.0. The van der Waals surface area contributed by atoms with E-state index in [0.717, 1.165) is 24.3 Å². The van der Waals surface area contributed by atoms with E-state index in [1.54, 1.807) is 11.0 Å². The highest BCUT2D eigenvalue weighted by atomic mass is 19.4. The lowest BCUT2D eigenvalue weighted by Gasteiger charge is -2.44. The molecule has 2 aliphatic heterocycles. The van der Waals surface area contributed by atoms with Crippen molar-refractivity contribution in [2.75, 3.05) is 37.7 Å². The molecule has 10 heteroatoms.